The van der Waals surface area contributed by atoms with Gasteiger partial charge in [0.1, 0.15) is 0 Å². The highest BCUT2D eigenvalue weighted by atomic mass is 32.2. The first-order valence-electron chi connectivity index (χ1n) is 6.06. The predicted molar refractivity (Wildman–Crippen MR) is 69.0 cm³/mol. The molecule has 1 saturated heterocycles. The van der Waals surface area contributed by atoms with Crippen molar-refractivity contribution in [2.75, 3.05) is 25.9 Å². The van der Waals surface area contributed by atoms with E-state index in [2.05, 4.69) is 15.2 Å². The standard InChI is InChI=1S/C11H21N3O2S/c1-11(2)8-14(6-7-17(11,15)16)10(12-3)13-9-4-5-9/h9H,4-8H2,1-3H3,(H,12,13). The van der Waals surface area contributed by atoms with Gasteiger partial charge in [-0.1, -0.05) is 0 Å². The lowest BCUT2D eigenvalue weighted by atomic mass is 10.2. The van der Waals surface area contributed by atoms with Crippen LogP contribution in [0.15, 0.2) is 4.99 Å². The number of nitrogens with one attached hydrogen (secondary N) is 1. The van der Waals surface area contributed by atoms with Gasteiger partial charge in [-0.05, 0) is 26.7 Å². The monoisotopic (exact) mass is 259 g/mol. The van der Waals surface area contributed by atoms with Crippen molar-refractivity contribution in [3.8, 4) is 0 Å². The molecule has 1 heterocycles. The van der Waals surface area contributed by atoms with Gasteiger partial charge in [0.15, 0.2) is 15.8 Å². The van der Waals surface area contributed by atoms with E-state index < -0.39 is 14.6 Å². The molecule has 2 aliphatic rings. The third-order valence-corrected chi connectivity index (χ3v) is 6.00. The highest BCUT2D eigenvalue weighted by Crippen LogP contribution is 2.25. The van der Waals surface area contributed by atoms with Gasteiger partial charge in [-0.2, -0.15) is 0 Å². The number of aliphatic imine (C=N–C) groups is 1. The lowest BCUT2D eigenvalue weighted by molar-refractivity contribution is 0.353. The second-order valence-corrected chi connectivity index (χ2v) is 8.21. The molecule has 0 amide bonds. The van der Waals surface area contributed by atoms with E-state index >= 15 is 0 Å². The number of nitrogens with zero attached hydrogens (tertiary/aromatic N) is 2. The molecule has 2 fully saturated rings. The Balaban J connectivity index is 2.08. The molecule has 2 rings (SSSR count). The molecule has 1 aliphatic carbocycles. The average molecular weight is 259 g/mol. The summed E-state index contributed by atoms with van der Waals surface area (Å²) in [5.41, 5.74) is 0. The molecule has 1 N–H and O–H groups in total. The topological polar surface area (TPSA) is 61.8 Å². The Hall–Kier alpha value is -0.780. The second kappa shape index (κ2) is 4.15. The lowest BCUT2D eigenvalue weighted by Crippen LogP contribution is -2.57. The molecule has 1 saturated carbocycles. The highest BCUT2D eigenvalue weighted by molar-refractivity contribution is 7.92. The van der Waals surface area contributed by atoms with Crippen LogP contribution in [-0.4, -0.2) is 56.0 Å². The van der Waals surface area contributed by atoms with Gasteiger partial charge in [0.25, 0.3) is 0 Å². The first kappa shape index (κ1) is 12.7. The largest absolute Gasteiger partial charge is 0.354 e. The molecule has 1 aliphatic heterocycles. The number of hydrogen-bond acceptors (Lipinski definition) is 3. The van der Waals surface area contributed by atoms with E-state index in [0.29, 0.717) is 19.1 Å². The molecule has 0 aromatic heterocycles. The van der Waals surface area contributed by atoms with Gasteiger partial charge >= 0.3 is 0 Å². The summed E-state index contributed by atoms with van der Waals surface area (Å²) >= 11 is 0. The third kappa shape index (κ3) is 2.56. The normalized spacial score (nSPS) is 27.9. The van der Waals surface area contributed by atoms with Crippen molar-refractivity contribution in [3.63, 3.8) is 0 Å². The lowest BCUT2D eigenvalue weighted by Gasteiger charge is -2.39. The third-order valence-electron chi connectivity index (χ3n) is 3.47. The zero-order valence-electron chi connectivity index (χ0n) is 10.7. The van der Waals surface area contributed by atoms with E-state index in [9.17, 15) is 8.42 Å². The van der Waals surface area contributed by atoms with Crippen LogP contribution >= 0.6 is 0 Å². The summed E-state index contributed by atoms with van der Waals surface area (Å²) in [7, 11) is -1.22. The van der Waals surface area contributed by atoms with Crippen LogP contribution in [-0.2, 0) is 9.84 Å². The SMILES string of the molecule is CN=C(NC1CC1)N1CCS(=O)(=O)C(C)(C)C1. The number of rotatable bonds is 1. The van der Waals surface area contributed by atoms with E-state index in [1.54, 1.807) is 20.9 Å². The molecule has 0 atom stereocenters. The second-order valence-electron chi connectivity index (χ2n) is 5.47. The minimum atomic E-state index is -2.97. The summed E-state index contributed by atoms with van der Waals surface area (Å²) in [5, 5.41) is 3.36. The molecule has 0 unspecified atom stereocenters. The van der Waals surface area contributed by atoms with Gasteiger partial charge in [0.05, 0.1) is 10.5 Å². The zero-order chi connectivity index (χ0) is 12.7. The van der Waals surface area contributed by atoms with E-state index in [1.807, 2.05) is 0 Å². The van der Waals surface area contributed by atoms with Crippen molar-refractivity contribution in [2.24, 2.45) is 4.99 Å². The van der Waals surface area contributed by atoms with Crippen molar-refractivity contribution in [3.05, 3.63) is 0 Å². The number of guanidine groups is 1. The van der Waals surface area contributed by atoms with Crippen molar-refractivity contribution >= 4 is 15.8 Å². The molecule has 0 aromatic rings. The van der Waals surface area contributed by atoms with Crippen LogP contribution in [0.1, 0.15) is 26.7 Å². The summed E-state index contributed by atoms with van der Waals surface area (Å²) in [6, 6.07) is 0.537. The fourth-order valence-corrected chi connectivity index (χ4v) is 3.40. The molecule has 17 heavy (non-hydrogen) atoms. The molecule has 6 heteroatoms. The molecular formula is C11H21N3O2S. The summed E-state index contributed by atoms with van der Waals surface area (Å²) in [6.07, 6.45) is 2.38. The Labute approximate surface area is 103 Å². The van der Waals surface area contributed by atoms with Gasteiger partial charge in [-0.25, -0.2) is 8.42 Å². The molecule has 98 valence electrons. The Morgan fingerprint density at radius 1 is 1.41 bits per heavy atom. The highest BCUT2D eigenvalue weighted by Gasteiger charge is 2.41. The zero-order valence-corrected chi connectivity index (χ0v) is 11.5. The smallest absolute Gasteiger partial charge is 0.193 e. The Bertz CT molecular complexity index is 424. The van der Waals surface area contributed by atoms with Crippen LogP contribution < -0.4 is 5.32 Å². The summed E-state index contributed by atoms with van der Waals surface area (Å²) in [4.78, 5) is 6.30. The van der Waals surface area contributed by atoms with Gasteiger partial charge in [0.2, 0.25) is 0 Å². The Kier molecular flexibility index (Phi) is 3.10. The fourth-order valence-electron chi connectivity index (χ4n) is 2.03. The maximum Gasteiger partial charge on any atom is 0.193 e. The molecular weight excluding hydrogens is 238 g/mol. The van der Waals surface area contributed by atoms with E-state index in [0.717, 1.165) is 5.96 Å². The van der Waals surface area contributed by atoms with Gasteiger partial charge in [0, 0.05) is 26.2 Å². The van der Waals surface area contributed by atoms with E-state index in [4.69, 9.17) is 0 Å². The maximum absolute atomic E-state index is 11.9. The minimum absolute atomic E-state index is 0.214. The van der Waals surface area contributed by atoms with Crippen molar-refractivity contribution < 1.29 is 8.42 Å². The summed E-state index contributed by atoms with van der Waals surface area (Å²) in [5.74, 6) is 1.06. The summed E-state index contributed by atoms with van der Waals surface area (Å²) < 4.78 is 23.1. The Morgan fingerprint density at radius 3 is 2.53 bits per heavy atom. The minimum Gasteiger partial charge on any atom is -0.354 e. The molecule has 5 nitrogen and oxygen atoms in total. The van der Waals surface area contributed by atoms with E-state index in [-0.39, 0.29) is 5.75 Å². The fraction of sp³-hybridized carbons (Fsp3) is 0.909. The predicted octanol–water partition coefficient (Wildman–Crippen LogP) is 0.233. The molecule has 0 aromatic carbocycles. The van der Waals surface area contributed by atoms with Crippen molar-refractivity contribution in [2.45, 2.75) is 37.5 Å². The Morgan fingerprint density at radius 2 is 2.06 bits per heavy atom. The number of hydrogen-bond donors (Lipinski definition) is 1. The van der Waals surface area contributed by atoms with Crippen LogP contribution in [0.5, 0.6) is 0 Å². The van der Waals surface area contributed by atoms with Crippen LogP contribution in [0.3, 0.4) is 0 Å². The average Bonchev–Trinajstić information content (AvgIpc) is 3.03. The molecule has 0 bridgehead atoms. The first-order chi connectivity index (χ1) is 7.86. The number of sulfone groups is 1. The quantitative estimate of drug-likeness (QED) is 0.541. The van der Waals surface area contributed by atoms with E-state index in [1.165, 1.54) is 12.8 Å². The van der Waals surface area contributed by atoms with Crippen LogP contribution in [0.25, 0.3) is 0 Å². The molecule has 0 radical (unpaired) electrons. The first-order valence-corrected chi connectivity index (χ1v) is 7.71. The molecule has 0 spiro atoms. The maximum atomic E-state index is 11.9. The van der Waals surface area contributed by atoms with Crippen LogP contribution in [0.2, 0.25) is 0 Å². The van der Waals surface area contributed by atoms with Gasteiger partial charge in [-0.15, -0.1) is 0 Å². The van der Waals surface area contributed by atoms with Gasteiger partial charge < -0.3 is 10.2 Å². The summed E-state index contributed by atoms with van der Waals surface area (Å²) in [6.45, 7) is 4.64. The van der Waals surface area contributed by atoms with Crippen LogP contribution in [0, 0.1) is 0 Å². The van der Waals surface area contributed by atoms with Crippen LogP contribution in [0.4, 0.5) is 0 Å². The van der Waals surface area contributed by atoms with Crippen molar-refractivity contribution in [1.82, 2.24) is 10.2 Å². The van der Waals surface area contributed by atoms with Crippen molar-refractivity contribution in [1.29, 1.82) is 0 Å². The van der Waals surface area contributed by atoms with Gasteiger partial charge in [-0.3, -0.25) is 4.99 Å².